The molecule has 0 fully saturated rings. The second-order valence-electron chi connectivity index (χ2n) is 5.67. The molecule has 0 aliphatic carbocycles. The van der Waals surface area contributed by atoms with Gasteiger partial charge in [-0.05, 0) is 36.8 Å². The maximum absolute atomic E-state index is 12.4. The molecule has 0 bridgehead atoms. The van der Waals surface area contributed by atoms with E-state index in [-0.39, 0.29) is 5.91 Å². The molecule has 0 saturated carbocycles. The number of benzene rings is 1. The lowest BCUT2D eigenvalue weighted by atomic mass is 10.2. The van der Waals surface area contributed by atoms with Crippen molar-refractivity contribution in [1.82, 2.24) is 10.3 Å². The van der Waals surface area contributed by atoms with E-state index < -0.39 is 10.0 Å². The fraction of sp³-hybridized carbons (Fsp3) is 0.176. The monoisotopic (exact) mass is 407 g/mol. The molecule has 6 nitrogen and oxygen atoms in total. The van der Waals surface area contributed by atoms with Crippen molar-refractivity contribution in [3.8, 4) is 10.6 Å². The topological polar surface area (TPSA) is 88.2 Å². The lowest BCUT2D eigenvalue weighted by Crippen LogP contribution is -2.21. The SMILES string of the molecule is Cc1nc(-c2ccc(C(=O)NCc3cccc(NS(C)(=O)=O)c3)s2)cs1. The number of hydrogen-bond donors (Lipinski definition) is 2. The highest BCUT2D eigenvalue weighted by Crippen LogP contribution is 2.29. The van der Waals surface area contributed by atoms with Gasteiger partial charge >= 0.3 is 0 Å². The minimum atomic E-state index is -3.33. The van der Waals surface area contributed by atoms with E-state index in [2.05, 4.69) is 15.0 Å². The number of aryl methyl sites for hydroxylation is 1. The second-order valence-corrected chi connectivity index (χ2v) is 9.57. The summed E-state index contributed by atoms with van der Waals surface area (Å²) in [6.45, 7) is 2.25. The van der Waals surface area contributed by atoms with Crippen LogP contribution in [0.5, 0.6) is 0 Å². The number of anilines is 1. The number of carbonyl (C=O) groups excluding carboxylic acids is 1. The van der Waals surface area contributed by atoms with Crippen LogP contribution in [0.2, 0.25) is 0 Å². The van der Waals surface area contributed by atoms with Crippen LogP contribution in [-0.4, -0.2) is 25.6 Å². The smallest absolute Gasteiger partial charge is 0.261 e. The Kier molecular flexibility index (Phi) is 5.40. The largest absolute Gasteiger partial charge is 0.347 e. The molecule has 3 aromatic rings. The Morgan fingerprint density at radius 2 is 2.04 bits per heavy atom. The van der Waals surface area contributed by atoms with E-state index in [0.717, 1.165) is 27.4 Å². The van der Waals surface area contributed by atoms with Crippen molar-refractivity contribution < 1.29 is 13.2 Å². The van der Waals surface area contributed by atoms with Crippen LogP contribution in [0.1, 0.15) is 20.2 Å². The molecule has 136 valence electrons. The molecule has 0 atom stereocenters. The maximum Gasteiger partial charge on any atom is 0.261 e. The maximum atomic E-state index is 12.4. The van der Waals surface area contributed by atoms with Gasteiger partial charge in [-0.3, -0.25) is 9.52 Å². The number of sulfonamides is 1. The molecule has 1 aromatic carbocycles. The van der Waals surface area contributed by atoms with Crippen molar-refractivity contribution in [2.45, 2.75) is 13.5 Å². The van der Waals surface area contributed by atoms with Crippen molar-refractivity contribution in [1.29, 1.82) is 0 Å². The molecule has 0 saturated heterocycles. The molecule has 0 radical (unpaired) electrons. The Bertz CT molecular complexity index is 1040. The number of hydrogen-bond acceptors (Lipinski definition) is 6. The number of nitrogens with one attached hydrogen (secondary N) is 2. The van der Waals surface area contributed by atoms with Crippen molar-refractivity contribution in [2.75, 3.05) is 11.0 Å². The van der Waals surface area contributed by atoms with Crippen molar-refractivity contribution in [2.24, 2.45) is 0 Å². The summed E-state index contributed by atoms with van der Waals surface area (Å²) in [4.78, 5) is 18.3. The minimum Gasteiger partial charge on any atom is -0.347 e. The normalized spacial score (nSPS) is 11.3. The number of rotatable bonds is 6. The van der Waals surface area contributed by atoms with E-state index in [4.69, 9.17) is 0 Å². The van der Waals surface area contributed by atoms with Gasteiger partial charge in [-0.25, -0.2) is 13.4 Å². The summed E-state index contributed by atoms with van der Waals surface area (Å²) in [7, 11) is -3.33. The molecule has 2 heterocycles. The molecule has 0 spiro atoms. The zero-order chi connectivity index (χ0) is 18.7. The molecule has 9 heteroatoms. The molecule has 3 rings (SSSR count). The number of aromatic nitrogens is 1. The van der Waals surface area contributed by atoms with Crippen LogP contribution < -0.4 is 10.0 Å². The first kappa shape index (κ1) is 18.6. The van der Waals surface area contributed by atoms with Crippen LogP contribution in [0.4, 0.5) is 5.69 Å². The van der Waals surface area contributed by atoms with Crippen LogP contribution >= 0.6 is 22.7 Å². The van der Waals surface area contributed by atoms with Crippen molar-refractivity contribution >= 4 is 44.3 Å². The summed E-state index contributed by atoms with van der Waals surface area (Å²) < 4.78 is 25.0. The van der Waals surface area contributed by atoms with Gasteiger partial charge in [0.1, 0.15) is 0 Å². The summed E-state index contributed by atoms with van der Waals surface area (Å²) in [6.07, 6.45) is 1.10. The van der Waals surface area contributed by atoms with Gasteiger partial charge in [0.2, 0.25) is 10.0 Å². The van der Waals surface area contributed by atoms with Gasteiger partial charge in [-0.2, -0.15) is 0 Å². The molecular formula is C17H17N3O3S3. The quantitative estimate of drug-likeness (QED) is 0.655. The number of amides is 1. The highest BCUT2D eigenvalue weighted by atomic mass is 32.2. The fourth-order valence-corrected chi connectivity index (χ4v) is 4.43. The average molecular weight is 408 g/mol. The van der Waals surface area contributed by atoms with Gasteiger partial charge in [-0.1, -0.05) is 12.1 Å². The Morgan fingerprint density at radius 1 is 1.23 bits per heavy atom. The van der Waals surface area contributed by atoms with E-state index >= 15 is 0 Å². The molecule has 0 unspecified atom stereocenters. The molecule has 0 aliphatic rings. The van der Waals surface area contributed by atoms with Gasteiger partial charge in [0.05, 0.1) is 26.7 Å². The first-order valence-corrected chi connectivity index (χ1v) is 11.3. The van der Waals surface area contributed by atoms with Crippen LogP contribution in [0.25, 0.3) is 10.6 Å². The number of thiazole rings is 1. The second kappa shape index (κ2) is 7.56. The van der Waals surface area contributed by atoms with Crippen molar-refractivity contribution in [3.63, 3.8) is 0 Å². The van der Waals surface area contributed by atoms with Crippen LogP contribution in [0.15, 0.2) is 41.8 Å². The van der Waals surface area contributed by atoms with Crippen LogP contribution in [-0.2, 0) is 16.6 Å². The van der Waals surface area contributed by atoms with Gasteiger partial charge in [-0.15, -0.1) is 22.7 Å². The Hall–Kier alpha value is -2.23. The summed E-state index contributed by atoms with van der Waals surface area (Å²) in [5.41, 5.74) is 2.16. The van der Waals surface area contributed by atoms with E-state index in [1.807, 2.05) is 24.4 Å². The van der Waals surface area contributed by atoms with Gasteiger partial charge in [0.25, 0.3) is 5.91 Å². The molecule has 2 aromatic heterocycles. The third-order valence-electron chi connectivity index (χ3n) is 3.38. The Labute approximate surface area is 160 Å². The van der Waals surface area contributed by atoms with E-state index in [0.29, 0.717) is 17.1 Å². The average Bonchev–Trinajstić information content (AvgIpc) is 3.20. The molecular weight excluding hydrogens is 390 g/mol. The fourth-order valence-electron chi connectivity index (χ4n) is 2.30. The summed E-state index contributed by atoms with van der Waals surface area (Å²) >= 11 is 2.97. The highest BCUT2D eigenvalue weighted by Gasteiger charge is 2.12. The predicted octanol–water partition coefficient (Wildman–Crippen LogP) is 3.48. The lowest BCUT2D eigenvalue weighted by Gasteiger charge is -2.07. The molecule has 26 heavy (non-hydrogen) atoms. The zero-order valence-corrected chi connectivity index (χ0v) is 16.6. The van der Waals surface area contributed by atoms with E-state index in [1.165, 1.54) is 11.3 Å². The van der Waals surface area contributed by atoms with Gasteiger partial charge < -0.3 is 5.32 Å². The van der Waals surface area contributed by atoms with E-state index in [1.54, 1.807) is 35.6 Å². The predicted molar refractivity (Wildman–Crippen MR) is 106 cm³/mol. The minimum absolute atomic E-state index is 0.172. The third kappa shape index (κ3) is 4.90. The van der Waals surface area contributed by atoms with Gasteiger partial charge in [0, 0.05) is 17.6 Å². The van der Waals surface area contributed by atoms with Crippen LogP contribution in [0.3, 0.4) is 0 Å². The third-order valence-corrected chi connectivity index (χ3v) is 5.87. The highest BCUT2D eigenvalue weighted by molar-refractivity contribution is 7.92. The van der Waals surface area contributed by atoms with Gasteiger partial charge in [0.15, 0.2) is 0 Å². The van der Waals surface area contributed by atoms with Crippen molar-refractivity contribution in [3.05, 3.63) is 57.2 Å². The first-order chi connectivity index (χ1) is 12.3. The zero-order valence-electron chi connectivity index (χ0n) is 14.1. The molecule has 0 aliphatic heterocycles. The molecule has 1 amide bonds. The van der Waals surface area contributed by atoms with Crippen LogP contribution in [0, 0.1) is 6.92 Å². The summed E-state index contributed by atoms with van der Waals surface area (Å²) in [6, 6.07) is 10.6. The summed E-state index contributed by atoms with van der Waals surface area (Å²) in [5.74, 6) is -0.172. The lowest BCUT2D eigenvalue weighted by molar-refractivity contribution is 0.0955. The standard InChI is InChI=1S/C17H17N3O3S3/c1-11-19-14(10-24-11)15-6-7-16(25-15)17(21)18-9-12-4-3-5-13(8-12)20-26(2,22)23/h3-8,10,20H,9H2,1-2H3,(H,18,21). The number of carbonyl (C=O) groups is 1. The number of thiophene rings is 1. The summed E-state index contributed by atoms with van der Waals surface area (Å²) in [5, 5.41) is 5.82. The Balaban J connectivity index is 1.64. The first-order valence-electron chi connectivity index (χ1n) is 7.67. The number of nitrogens with zero attached hydrogens (tertiary/aromatic N) is 1. The van der Waals surface area contributed by atoms with E-state index in [9.17, 15) is 13.2 Å². The molecule has 2 N–H and O–H groups in total. The Morgan fingerprint density at radius 3 is 2.73 bits per heavy atom.